The summed E-state index contributed by atoms with van der Waals surface area (Å²) in [5, 5.41) is 3.35. The number of carbonyl (C=O) groups excluding carboxylic acids is 2. The molecule has 0 unspecified atom stereocenters. The van der Waals surface area contributed by atoms with Gasteiger partial charge in [-0.3, -0.25) is 10.1 Å². The number of hydrogen-bond donors (Lipinski definition) is 1. The second kappa shape index (κ2) is 4.96. The van der Waals surface area contributed by atoms with Crippen LogP contribution in [0.25, 0.3) is 0 Å². The van der Waals surface area contributed by atoms with E-state index in [2.05, 4.69) is 5.32 Å². The summed E-state index contributed by atoms with van der Waals surface area (Å²) in [6.07, 6.45) is 2.51. The highest BCUT2D eigenvalue weighted by Crippen LogP contribution is 2.39. The van der Waals surface area contributed by atoms with Crippen molar-refractivity contribution in [3.63, 3.8) is 0 Å². The predicted octanol–water partition coefficient (Wildman–Crippen LogP) is 3.79. The molecule has 0 spiro atoms. The number of hydrogen-bond acceptors (Lipinski definition) is 4. The first kappa shape index (κ1) is 14.1. The fraction of sp³-hybridized carbons (Fsp3) is 0.571. The molecule has 1 aliphatic carbocycles. The Hall–Kier alpha value is -1.36. The van der Waals surface area contributed by atoms with E-state index in [0.29, 0.717) is 10.6 Å². The number of ketones is 1. The molecule has 0 fully saturated rings. The minimum absolute atomic E-state index is 0.00505. The third-order valence-electron chi connectivity index (χ3n) is 2.89. The van der Waals surface area contributed by atoms with Crippen molar-refractivity contribution in [3.8, 4) is 0 Å². The van der Waals surface area contributed by atoms with Gasteiger partial charge in [-0.15, -0.1) is 11.3 Å². The number of carbonyl (C=O) groups is 2. The van der Waals surface area contributed by atoms with Crippen LogP contribution in [0.1, 0.15) is 54.9 Å². The number of thiophene rings is 1. The van der Waals surface area contributed by atoms with Gasteiger partial charge in [-0.1, -0.05) is 0 Å². The standard InChI is InChI=1S/C14H19NO3S/c1-8(16)11-9-6-5-7-10(9)19-12(11)15-13(17)18-14(2,3)4/h5-7H2,1-4H3,(H,15,17). The number of rotatable bonds is 2. The summed E-state index contributed by atoms with van der Waals surface area (Å²) in [6, 6.07) is 0. The molecule has 0 aliphatic heterocycles. The molecule has 0 radical (unpaired) electrons. The van der Waals surface area contributed by atoms with E-state index in [9.17, 15) is 9.59 Å². The zero-order valence-electron chi connectivity index (χ0n) is 11.8. The third kappa shape index (κ3) is 3.15. The van der Waals surface area contributed by atoms with Crippen molar-refractivity contribution < 1.29 is 14.3 Å². The molecule has 1 amide bonds. The van der Waals surface area contributed by atoms with Crippen LogP contribution in [0.2, 0.25) is 0 Å². The van der Waals surface area contributed by atoms with E-state index in [0.717, 1.165) is 24.8 Å². The van der Waals surface area contributed by atoms with Crippen LogP contribution in [0.15, 0.2) is 0 Å². The monoisotopic (exact) mass is 281 g/mol. The highest BCUT2D eigenvalue weighted by molar-refractivity contribution is 7.17. The van der Waals surface area contributed by atoms with E-state index in [-0.39, 0.29) is 5.78 Å². The SMILES string of the molecule is CC(=O)c1c(NC(=O)OC(C)(C)C)sc2c1CCC2. The van der Waals surface area contributed by atoms with Gasteiger partial charge in [0.25, 0.3) is 0 Å². The van der Waals surface area contributed by atoms with Crippen LogP contribution in [0.4, 0.5) is 9.80 Å². The molecular formula is C14H19NO3S. The van der Waals surface area contributed by atoms with Crippen molar-refractivity contribution in [1.82, 2.24) is 0 Å². The highest BCUT2D eigenvalue weighted by Gasteiger charge is 2.26. The van der Waals surface area contributed by atoms with E-state index in [4.69, 9.17) is 4.74 Å². The van der Waals surface area contributed by atoms with Crippen LogP contribution in [-0.2, 0) is 17.6 Å². The molecule has 0 bridgehead atoms. The topological polar surface area (TPSA) is 55.4 Å². The molecule has 104 valence electrons. The Morgan fingerprint density at radius 2 is 1.95 bits per heavy atom. The Morgan fingerprint density at radius 1 is 1.26 bits per heavy atom. The van der Waals surface area contributed by atoms with Crippen molar-refractivity contribution in [3.05, 3.63) is 16.0 Å². The molecule has 0 aromatic carbocycles. The Morgan fingerprint density at radius 3 is 2.53 bits per heavy atom. The number of ether oxygens (including phenoxy) is 1. The Labute approximate surface area is 117 Å². The van der Waals surface area contributed by atoms with Gasteiger partial charge in [0, 0.05) is 4.88 Å². The van der Waals surface area contributed by atoms with Crippen LogP contribution in [0.5, 0.6) is 0 Å². The zero-order chi connectivity index (χ0) is 14.2. The summed E-state index contributed by atoms with van der Waals surface area (Å²) in [4.78, 5) is 24.8. The van der Waals surface area contributed by atoms with Crippen molar-refractivity contribution in [2.75, 3.05) is 5.32 Å². The molecule has 0 saturated carbocycles. The first-order valence-electron chi connectivity index (χ1n) is 6.43. The number of nitrogens with one attached hydrogen (secondary N) is 1. The normalized spacial score (nSPS) is 14.1. The molecule has 1 aromatic rings. The van der Waals surface area contributed by atoms with Gasteiger partial charge in [0.2, 0.25) is 0 Å². The minimum Gasteiger partial charge on any atom is -0.444 e. The molecular weight excluding hydrogens is 262 g/mol. The van der Waals surface area contributed by atoms with Gasteiger partial charge < -0.3 is 4.74 Å². The van der Waals surface area contributed by atoms with Gasteiger partial charge in [-0.05, 0) is 52.5 Å². The van der Waals surface area contributed by atoms with Gasteiger partial charge in [0.05, 0.1) is 5.56 Å². The number of Topliss-reactive ketones (excluding diaryl/α,β-unsaturated/α-hetero) is 1. The number of anilines is 1. The number of fused-ring (bicyclic) bond motifs is 1. The molecule has 0 atom stereocenters. The molecule has 1 heterocycles. The fourth-order valence-electron chi connectivity index (χ4n) is 2.26. The Balaban J connectivity index is 2.22. The van der Waals surface area contributed by atoms with Crippen LogP contribution in [0.3, 0.4) is 0 Å². The molecule has 1 N–H and O–H groups in total. The van der Waals surface area contributed by atoms with Crippen molar-refractivity contribution in [2.24, 2.45) is 0 Å². The Bertz CT molecular complexity index is 526. The summed E-state index contributed by atoms with van der Waals surface area (Å²) in [5.74, 6) is 0.00505. The van der Waals surface area contributed by atoms with Crippen molar-refractivity contribution in [1.29, 1.82) is 0 Å². The molecule has 5 heteroatoms. The quantitative estimate of drug-likeness (QED) is 0.839. The summed E-state index contributed by atoms with van der Waals surface area (Å²) >= 11 is 1.50. The van der Waals surface area contributed by atoms with Gasteiger partial charge in [0.1, 0.15) is 10.6 Å². The summed E-state index contributed by atoms with van der Waals surface area (Å²) in [7, 11) is 0. The average molecular weight is 281 g/mol. The third-order valence-corrected chi connectivity index (χ3v) is 4.10. The molecule has 1 aromatic heterocycles. The van der Waals surface area contributed by atoms with Crippen LogP contribution >= 0.6 is 11.3 Å². The second-order valence-corrected chi connectivity index (χ2v) is 6.85. The largest absolute Gasteiger partial charge is 0.444 e. The Kier molecular flexibility index (Phi) is 3.67. The van der Waals surface area contributed by atoms with Crippen LogP contribution < -0.4 is 5.32 Å². The predicted molar refractivity (Wildman–Crippen MR) is 76.2 cm³/mol. The molecule has 1 aliphatic rings. The van der Waals surface area contributed by atoms with Gasteiger partial charge >= 0.3 is 6.09 Å². The summed E-state index contributed by atoms with van der Waals surface area (Å²) < 4.78 is 5.22. The van der Waals surface area contributed by atoms with Gasteiger partial charge in [0.15, 0.2) is 5.78 Å². The van der Waals surface area contributed by atoms with E-state index in [1.54, 1.807) is 6.92 Å². The van der Waals surface area contributed by atoms with E-state index < -0.39 is 11.7 Å². The lowest BCUT2D eigenvalue weighted by atomic mass is 10.1. The lowest BCUT2D eigenvalue weighted by Crippen LogP contribution is -2.27. The first-order chi connectivity index (χ1) is 8.78. The van der Waals surface area contributed by atoms with Gasteiger partial charge in [-0.25, -0.2) is 4.79 Å². The fourth-order valence-corrected chi connectivity index (χ4v) is 3.58. The average Bonchev–Trinajstić information content (AvgIpc) is 2.72. The molecule has 19 heavy (non-hydrogen) atoms. The van der Waals surface area contributed by atoms with Crippen molar-refractivity contribution in [2.45, 2.75) is 52.6 Å². The van der Waals surface area contributed by atoms with Crippen LogP contribution in [-0.4, -0.2) is 17.5 Å². The van der Waals surface area contributed by atoms with Gasteiger partial charge in [-0.2, -0.15) is 0 Å². The smallest absolute Gasteiger partial charge is 0.412 e. The maximum absolute atomic E-state index is 11.8. The maximum Gasteiger partial charge on any atom is 0.412 e. The van der Waals surface area contributed by atoms with Crippen molar-refractivity contribution >= 4 is 28.2 Å². The summed E-state index contributed by atoms with van der Waals surface area (Å²) in [5.41, 5.74) is 1.24. The van der Waals surface area contributed by atoms with E-state index in [1.165, 1.54) is 16.2 Å². The van der Waals surface area contributed by atoms with E-state index in [1.807, 2.05) is 20.8 Å². The number of amides is 1. The molecule has 0 saturated heterocycles. The minimum atomic E-state index is -0.541. The molecule has 4 nitrogen and oxygen atoms in total. The zero-order valence-corrected chi connectivity index (χ0v) is 12.6. The van der Waals surface area contributed by atoms with E-state index >= 15 is 0 Å². The molecule has 2 rings (SSSR count). The maximum atomic E-state index is 11.8. The summed E-state index contributed by atoms with van der Waals surface area (Å²) in [6.45, 7) is 6.98. The van der Waals surface area contributed by atoms with Crippen LogP contribution in [0, 0.1) is 0 Å². The second-order valence-electron chi connectivity index (χ2n) is 5.74. The first-order valence-corrected chi connectivity index (χ1v) is 7.25. The lowest BCUT2D eigenvalue weighted by molar-refractivity contribution is 0.0636. The number of aryl methyl sites for hydroxylation is 1. The lowest BCUT2D eigenvalue weighted by Gasteiger charge is -2.19. The highest BCUT2D eigenvalue weighted by atomic mass is 32.1.